The molecule has 35 heavy (non-hydrogen) atoms. The van der Waals surface area contributed by atoms with Crippen molar-refractivity contribution in [1.82, 2.24) is 19.7 Å². The van der Waals surface area contributed by atoms with Gasteiger partial charge in [0.25, 0.3) is 5.91 Å². The quantitative estimate of drug-likeness (QED) is 0.566. The molecule has 0 N–H and O–H groups in total. The second-order valence-electron chi connectivity index (χ2n) is 9.61. The summed E-state index contributed by atoms with van der Waals surface area (Å²) >= 11 is 0. The fourth-order valence-corrected chi connectivity index (χ4v) is 5.34. The Morgan fingerprint density at radius 3 is 2.31 bits per heavy atom. The first-order valence-corrected chi connectivity index (χ1v) is 12.8. The second kappa shape index (κ2) is 9.84. The van der Waals surface area contributed by atoms with E-state index in [4.69, 9.17) is 14.5 Å². The average Bonchev–Trinajstić information content (AvgIpc) is 3.45. The number of carbonyl (C=O) groups excluding carboxylic acids is 1. The largest absolute Gasteiger partial charge is 0.486 e. The van der Waals surface area contributed by atoms with Gasteiger partial charge in [0.15, 0.2) is 11.5 Å². The van der Waals surface area contributed by atoms with Crippen LogP contribution in [0.15, 0.2) is 48.5 Å². The molecule has 0 radical (unpaired) electrons. The van der Waals surface area contributed by atoms with Crippen molar-refractivity contribution in [2.45, 2.75) is 12.8 Å². The van der Waals surface area contributed by atoms with E-state index in [0.717, 1.165) is 72.9 Å². The summed E-state index contributed by atoms with van der Waals surface area (Å²) in [4.78, 5) is 25.7. The molecule has 0 saturated carbocycles. The minimum absolute atomic E-state index is 0.0848. The van der Waals surface area contributed by atoms with Crippen LogP contribution in [0.3, 0.4) is 0 Å². The number of pyridine rings is 1. The Labute approximate surface area is 206 Å². The van der Waals surface area contributed by atoms with Crippen LogP contribution in [-0.2, 0) is 0 Å². The average molecular weight is 473 g/mol. The number of nitrogens with zero attached hydrogens (tertiary/aromatic N) is 4. The molecule has 0 aliphatic carbocycles. The Hall–Kier alpha value is -3.16. The van der Waals surface area contributed by atoms with Crippen molar-refractivity contribution in [3.63, 3.8) is 0 Å². The maximum Gasteiger partial charge on any atom is 0.254 e. The van der Waals surface area contributed by atoms with Gasteiger partial charge in [0.2, 0.25) is 0 Å². The third kappa shape index (κ3) is 4.70. The Bertz CT molecular complexity index is 1220. The predicted molar refractivity (Wildman–Crippen MR) is 136 cm³/mol. The Kier molecular flexibility index (Phi) is 6.27. The zero-order chi connectivity index (χ0) is 23.6. The molecule has 3 aliphatic rings. The number of hydrogen-bond acceptors (Lipinski definition) is 6. The molecule has 4 heterocycles. The van der Waals surface area contributed by atoms with Gasteiger partial charge in [-0.3, -0.25) is 9.69 Å². The van der Waals surface area contributed by atoms with Gasteiger partial charge in [-0.25, -0.2) is 4.98 Å². The molecule has 0 spiro atoms. The lowest BCUT2D eigenvalue weighted by Gasteiger charge is -2.35. The third-order valence-electron chi connectivity index (χ3n) is 7.38. The van der Waals surface area contributed by atoms with E-state index in [1.54, 1.807) is 0 Å². The molecule has 1 aromatic heterocycles. The minimum atomic E-state index is 0.0848. The highest BCUT2D eigenvalue weighted by Crippen LogP contribution is 2.35. The van der Waals surface area contributed by atoms with Gasteiger partial charge < -0.3 is 19.3 Å². The van der Waals surface area contributed by atoms with Crippen LogP contribution in [-0.4, -0.2) is 91.2 Å². The number of likely N-dealkylation sites (tertiary alicyclic amines) is 1. The summed E-state index contributed by atoms with van der Waals surface area (Å²) < 4.78 is 11.4. The van der Waals surface area contributed by atoms with Gasteiger partial charge in [-0.15, -0.1) is 0 Å². The van der Waals surface area contributed by atoms with E-state index < -0.39 is 0 Å². The molecule has 2 fully saturated rings. The van der Waals surface area contributed by atoms with Crippen LogP contribution >= 0.6 is 0 Å². The number of piperazine rings is 1. The summed E-state index contributed by atoms with van der Waals surface area (Å²) in [6, 6.07) is 15.7. The molecule has 3 aliphatic heterocycles. The summed E-state index contributed by atoms with van der Waals surface area (Å²) in [5, 5.41) is 0.898. The van der Waals surface area contributed by atoms with Crippen LogP contribution in [0.2, 0.25) is 0 Å². The number of para-hydroxylation sites is 1. The number of fused-ring (bicyclic) bond motifs is 2. The van der Waals surface area contributed by atoms with Crippen molar-refractivity contribution in [1.29, 1.82) is 0 Å². The smallest absolute Gasteiger partial charge is 0.254 e. The molecule has 7 nitrogen and oxygen atoms in total. The number of hydrogen-bond donors (Lipinski definition) is 0. The number of aromatic nitrogens is 1. The van der Waals surface area contributed by atoms with Crippen molar-refractivity contribution >= 4 is 16.8 Å². The highest BCUT2D eigenvalue weighted by Gasteiger charge is 2.25. The highest BCUT2D eigenvalue weighted by molar-refractivity contribution is 6.07. The van der Waals surface area contributed by atoms with Crippen molar-refractivity contribution in [2.24, 2.45) is 0 Å². The van der Waals surface area contributed by atoms with E-state index in [0.29, 0.717) is 18.8 Å². The maximum atomic E-state index is 13.7. The first kappa shape index (κ1) is 22.3. The summed E-state index contributed by atoms with van der Waals surface area (Å²) in [5.41, 5.74) is 3.23. The zero-order valence-corrected chi connectivity index (χ0v) is 20.1. The van der Waals surface area contributed by atoms with Crippen molar-refractivity contribution in [3.8, 4) is 22.8 Å². The lowest BCUT2D eigenvalue weighted by Crippen LogP contribution is -2.50. The van der Waals surface area contributed by atoms with Crippen molar-refractivity contribution in [3.05, 3.63) is 54.1 Å². The predicted octanol–water partition coefficient (Wildman–Crippen LogP) is 3.53. The molecule has 7 heteroatoms. The van der Waals surface area contributed by atoms with Crippen LogP contribution in [0.1, 0.15) is 23.2 Å². The summed E-state index contributed by atoms with van der Waals surface area (Å²) in [6.07, 6.45) is 2.66. The molecule has 0 atom stereocenters. The molecule has 0 bridgehead atoms. The molecule has 0 unspecified atom stereocenters. The van der Waals surface area contributed by atoms with E-state index in [9.17, 15) is 4.79 Å². The Balaban J connectivity index is 1.22. The Morgan fingerprint density at radius 1 is 0.800 bits per heavy atom. The van der Waals surface area contributed by atoms with Gasteiger partial charge in [0.05, 0.1) is 16.8 Å². The zero-order valence-electron chi connectivity index (χ0n) is 20.1. The highest BCUT2D eigenvalue weighted by atomic mass is 16.6. The summed E-state index contributed by atoms with van der Waals surface area (Å²) in [7, 11) is 0. The monoisotopic (exact) mass is 472 g/mol. The summed E-state index contributed by atoms with van der Waals surface area (Å²) in [6.45, 7) is 9.17. The van der Waals surface area contributed by atoms with Crippen LogP contribution in [0, 0.1) is 0 Å². The van der Waals surface area contributed by atoms with E-state index in [1.165, 1.54) is 25.9 Å². The van der Waals surface area contributed by atoms with Crippen molar-refractivity contribution < 1.29 is 14.3 Å². The number of carbonyl (C=O) groups is 1. The SMILES string of the molecule is O=C(c1cc(-c2ccc3c(c2)OCCO3)nc2ccccc12)N1CCN(CCN2CCCC2)CC1. The van der Waals surface area contributed by atoms with Gasteiger partial charge >= 0.3 is 0 Å². The van der Waals surface area contributed by atoms with Gasteiger partial charge in [0.1, 0.15) is 13.2 Å². The normalized spacial score (nSPS) is 18.8. The molecule has 182 valence electrons. The fourth-order valence-electron chi connectivity index (χ4n) is 5.34. The van der Waals surface area contributed by atoms with E-state index in [2.05, 4.69) is 9.80 Å². The van der Waals surface area contributed by atoms with Crippen LogP contribution < -0.4 is 9.47 Å². The number of benzene rings is 2. The first-order valence-electron chi connectivity index (χ1n) is 12.8. The molecule has 6 rings (SSSR count). The standard InChI is InChI=1S/C28H32N4O3/c33-28(32-15-13-31(14-16-32)12-11-30-9-3-4-10-30)23-20-25(29-24-6-2-1-5-22(23)24)21-7-8-26-27(19-21)35-18-17-34-26/h1-2,5-8,19-20H,3-4,9-18H2. The van der Waals surface area contributed by atoms with Crippen molar-refractivity contribution in [2.75, 3.05) is 65.6 Å². The van der Waals surface area contributed by atoms with Gasteiger partial charge in [-0.05, 0) is 56.3 Å². The van der Waals surface area contributed by atoms with Crippen LogP contribution in [0.5, 0.6) is 11.5 Å². The molecule has 2 aromatic carbocycles. The second-order valence-corrected chi connectivity index (χ2v) is 9.61. The Morgan fingerprint density at radius 2 is 1.51 bits per heavy atom. The van der Waals surface area contributed by atoms with Gasteiger partial charge in [-0.2, -0.15) is 0 Å². The maximum absolute atomic E-state index is 13.7. The fraction of sp³-hybridized carbons (Fsp3) is 0.429. The van der Waals surface area contributed by atoms with Gasteiger partial charge in [0, 0.05) is 50.2 Å². The number of amides is 1. The number of rotatable bonds is 5. The third-order valence-corrected chi connectivity index (χ3v) is 7.38. The topological polar surface area (TPSA) is 58.1 Å². The van der Waals surface area contributed by atoms with Gasteiger partial charge in [-0.1, -0.05) is 18.2 Å². The van der Waals surface area contributed by atoms with Crippen LogP contribution in [0.4, 0.5) is 0 Å². The number of ether oxygens (including phenoxy) is 2. The van der Waals surface area contributed by atoms with E-state index in [-0.39, 0.29) is 5.91 Å². The molecular formula is C28H32N4O3. The molecule has 2 saturated heterocycles. The first-order chi connectivity index (χ1) is 17.2. The summed E-state index contributed by atoms with van der Waals surface area (Å²) in [5.74, 6) is 1.56. The molecule has 1 amide bonds. The lowest BCUT2D eigenvalue weighted by atomic mass is 10.0. The van der Waals surface area contributed by atoms with E-state index >= 15 is 0 Å². The molecular weight excluding hydrogens is 440 g/mol. The van der Waals surface area contributed by atoms with Crippen LogP contribution in [0.25, 0.3) is 22.2 Å². The minimum Gasteiger partial charge on any atom is -0.486 e. The van der Waals surface area contributed by atoms with E-state index in [1.807, 2.05) is 53.4 Å². The lowest BCUT2D eigenvalue weighted by molar-refractivity contribution is 0.0628. The molecule has 3 aromatic rings.